The van der Waals surface area contributed by atoms with E-state index in [1.54, 1.807) is 44.2 Å². The van der Waals surface area contributed by atoms with Crippen molar-refractivity contribution in [3.8, 4) is 0 Å². The van der Waals surface area contributed by atoms with Crippen LogP contribution in [0.3, 0.4) is 0 Å². The lowest BCUT2D eigenvalue weighted by atomic mass is 9.89. The Morgan fingerprint density at radius 3 is 2.42 bits per heavy atom. The minimum absolute atomic E-state index is 0.0134. The van der Waals surface area contributed by atoms with Gasteiger partial charge >= 0.3 is 0 Å². The number of aliphatic imine (C=N–C) groups is 1. The average molecular weight is 595 g/mol. The molecule has 0 aromatic heterocycles. The molecule has 7 nitrogen and oxygen atoms in total. The third-order valence-electron chi connectivity index (χ3n) is 7.60. The summed E-state index contributed by atoms with van der Waals surface area (Å²) in [4.78, 5) is 19.5. The lowest BCUT2D eigenvalue weighted by Gasteiger charge is -2.36. The molecule has 1 unspecified atom stereocenters. The normalized spacial score (nSPS) is 23.5. The van der Waals surface area contributed by atoms with Crippen molar-refractivity contribution in [2.75, 3.05) is 13.1 Å². The molecule has 2 heterocycles. The van der Waals surface area contributed by atoms with Crippen LogP contribution < -0.4 is 5.32 Å². The number of halogens is 4. The second kappa shape index (κ2) is 10.4. The highest BCUT2D eigenvalue weighted by molar-refractivity contribution is 7.89. The maximum atomic E-state index is 14.2. The van der Waals surface area contributed by atoms with Gasteiger partial charge in [-0.3, -0.25) is 14.1 Å². The van der Waals surface area contributed by atoms with Crippen LogP contribution in [0.15, 0.2) is 70.2 Å². The number of carbonyl (C=O) groups excluding carboxylic acids is 1. The molecule has 1 N–H and O–H groups in total. The van der Waals surface area contributed by atoms with Crippen molar-refractivity contribution in [3.05, 3.63) is 76.7 Å². The van der Waals surface area contributed by atoms with Gasteiger partial charge in [-0.05, 0) is 43.7 Å². The van der Waals surface area contributed by atoms with Crippen molar-refractivity contribution in [3.63, 3.8) is 0 Å². The number of hydrogen-bond donors (Lipinski definition) is 1. The first kappa shape index (κ1) is 28.5. The van der Waals surface area contributed by atoms with E-state index in [0.717, 1.165) is 0 Å². The highest BCUT2D eigenvalue weighted by Gasteiger charge is 2.47. The third kappa shape index (κ3) is 5.58. The molecule has 2 aliphatic heterocycles. The van der Waals surface area contributed by atoms with E-state index in [-0.39, 0.29) is 54.2 Å². The van der Waals surface area contributed by atoms with Gasteiger partial charge in [0.1, 0.15) is 17.7 Å². The number of sulfonamides is 1. The Hall–Kier alpha value is -3.05. The van der Waals surface area contributed by atoms with Gasteiger partial charge in [-0.25, -0.2) is 21.6 Å². The van der Waals surface area contributed by atoms with Gasteiger partial charge in [0.2, 0.25) is 5.91 Å². The molecular formula is C28H30ClF3N4O3S. The van der Waals surface area contributed by atoms with Crippen LogP contribution in [0.25, 0.3) is 0 Å². The Morgan fingerprint density at radius 1 is 1.15 bits per heavy atom. The summed E-state index contributed by atoms with van der Waals surface area (Å²) in [6.07, 6.45) is 1.36. The summed E-state index contributed by atoms with van der Waals surface area (Å²) in [6, 6.07) is 11.4. The van der Waals surface area contributed by atoms with Crippen LogP contribution in [-0.4, -0.2) is 60.0 Å². The highest BCUT2D eigenvalue weighted by Crippen LogP contribution is 2.38. The number of amidine groups is 1. The molecule has 3 aliphatic rings. The number of nitrogens with zero attached hydrogens (tertiary/aromatic N) is 3. The number of hydrogen-bond acceptors (Lipinski definition) is 5. The minimum Gasteiger partial charge on any atom is -0.360 e. The van der Waals surface area contributed by atoms with E-state index < -0.39 is 33.3 Å². The van der Waals surface area contributed by atoms with Crippen molar-refractivity contribution in [2.45, 2.75) is 62.1 Å². The van der Waals surface area contributed by atoms with E-state index in [9.17, 15) is 26.4 Å². The second-order valence-electron chi connectivity index (χ2n) is 11.0. The number of rotatable bonds is 7. The minimum atomic E-state index is -3.97. The molecular weight excluding hydrogens is 565 g/mol. The molecule has 1 fully saturated rings. The van der Waals surface area contributed by atoms with Crippen molar-refractivity contribution >= 4 is 33.4 Å². The summed E-state index contributed by atoms with van der Waals surface area (Å²) in [7, 11) is -3.97. The summed E-state index contributed by atoms with van der Waals surface area (Å²) in [6.45, 7) is 3.48. The van der Waals surface area contributed by atoms with E-state index >= 15 is 0 Å². The predicted molar refractivity (Wildman–Crippen MR) is 146 cm³/mol. The Balaban J connectivity index is 1.36. The molecule has 40 heavy (non-hydrogen) atoms. The topological polar surface area (TPSA) is 82.1 Å². The Bertz CT molecular complexity index is 1470. The number of amides is 1. The fourth-order valence-electron chi connectivity index (χ4n) is 5.17. The zero-order valence-corrected chi connectivity index (χ0v) is 23.7. The van der Waals surface area contributed by atoms with E-state index in [2.05, 4.69) is 5.32 Å². The van der Waals surface area contributed by atoms with Crippen molar-refractivity contribution in [1.29, 1.82) is 0 Å². The summed E-state index contributed by atoms with van der Waals surface area (Å²) < 4.78 is 69.9. The summed E-state index contributed by atoms with van der Waals surface area (Å²) in [5.41, 5.74) is 0.132. The predicted octanol–water partition coefficient (Wildman–Crippen LogP) is 4.98. The third-order valence-corrected chi connectivity index (χ3v) is 9.71. The number of nitrogens with one attached hydrogen (secondary N) is 1. The molecule has 12 heteroatoms. The van der Waals surface area contributed by atoms with Crippen LogP contribution >= 0.6 is 11.6 Å². The van der Waals surface area contributed by atoms with Crippen molar-refractivity contribution < 1.29 is 26.4 Å². The van der Waals surface area contributed by atoms with Crippen molar-refractivity contribution in [1.82, 2.24) is 14.5 Å². The monoisotopic (exact) mass is 594 g/mol. The largest absolute Gasteiger partial charge is 0.360 e. The summed E-state index contributed by atoms with van der Waals surface area (Å²) >= 11 is 5.82. The second-order valence-corrected chi connectivity index (χ2v) is 13.2. The Morgan fingerprint density at radius 2 is 1.80 bits per heavy atom. The van der Waals surface area contributed by atoms with Crippen molar-refractivity contribution in [2.24, 2.45) is 10.9 Å². The number of carbonyl (C=O) groups is 1. The molecule has 1 saturated heterocycles. The fraction of sp³-hybridized carbons (Fsp3) is 0.429. The number of benzene rings is 2. The van der Waals surface area contributed by atoms with Crippen LogP contribution in [0.1, 0.15) is 38.7 Å². The van der Waals surface area contributed by atoms with Gasteiger partial charge in [0.15, 0.2) is 0 Å². The van der Waals surface area contributed by atoms with E-state index in [0.29, 0.717) is 23.5 Å². The average Bonchev–Trinajstić information content (AvgIpc) is 3.19. The van der Waals surface area contributed by atoms with Crippen LogP contribution in [0, 0.1) is 11.7 Å². The fourth-order valence-corrected chi connectivity index (χ4v) is 6.81. The molecule has 2 atom stereocenters. The standard InChI is InChI=1S/C28H30ClF3N4O3S/c1-27(2)24(26(37)35-12-10-28(31,32)11-13-35)33-25(34-27)19-15-20(16-19)36(17-18-8-9-22(29)23(30)14-18)40(38,39)21-6-4-3-5-7-21/h3-9,14-15,19,24H,10-13,16-17H2,1-2H3,(H,33,34)/t19?,24-/m1/s1. The lowest BCUT2D eigenvalue weighted by Crippen LogP contribution is -2.56. The number of likely N-dealkylation sites (tertiary alicyclic amines) is 1. The molecule has 214 valence electrons. The maximum absolute atomic E-state index is 14.2. The quantitative estimate of drug-likeness (QED) is 0.490. The van der Waals surface area contributed by atoms with Crippen LogP contribution in [0.2, 0.25) is 5.02 Å². The Kier molecular flexibility index (Phi) is 7.41. The van der Waals surface area contributed by atoms with Crippen LogP contribution in [0.4, 0.5) is 13.2 Å². The SMILES string of the molecule is CC1(C)N=C(C2C=C(N(Cc3ccc(Cl)c(F)c3)S(=O)(=O)c3ccccc3)C2)N[C@@H]1C(=O)N1CCC(F)(F)CC1. The van der Waals surface area contributed by atoms with Gasteiger partial charge in [0.05, 0.1) is 22.0 Å². The van der Waals surface area contributed by atoms with Gasteiger partial charge in [0, 0.05) is 44.0 Å². The van der Waals surface area contributed by atoms with Crippen LogP contribution in [-0.2, 0) is 21.4 Å². The zero-order valence-electron chi connectivity index (χ0n) is 22.1. The van der Waals surface area contributed by atoms with Gasteiger partial charge in [-0.15, -0.1) is 0 Å². The smallest absolute Gasteiger partial charge is 0.264 e. The Labute approximate surface area is 236 Å². The number of alkyl halides is 2. The van der Waals surface area contributed by atoms with E-state index in [1.807, 2.05) is 0 Å². The van der Waals surface area contributed by atoms with E-state index in [1.165, 1.54) is 33.5 Å². The van der Waals surface area contributed by atoms with Gasteiger partial charge in [-0.2, -0.15) is 0 Å². The van der Waals surface area contributed by atoms with Gasteiger partial charge in [-0.1, -0.05) is 41.9 Å². The molecule has 1 aliphatic carbocycles. The lowest BCUT2D eigenvalue weighted by molar-refractivity contribution is -0.140. The maximum Gasteiger partial charge on any atom is 0.264 e. The summed E-state index contributed by atoms with van der Waals surface area (Å²) in [5, 5.41) is 3.13. The van der Waals surface area contributed by atoms with E-state index in [4.69, 9.17) is 16.6 Å². The molecule has 0 radical (unpaired) electrons. The summed E-state index contributed by atoms with van der Waals surface area (Å²) in [5.74, 6) is -3.40. The molecule has 0 spiro atoms. The molecule has 2 aromatic rings. The number of allylic oxidation sites excluding steroid dienone is 1. The van der Waals surface area contributed by atoms with Gasteiger partial charge < -0.3 is 10.2 Å². The van der Waals surface area contributed by atoms with Gasteiger partial charge in [0.25, 0.3) is 15.9 Å². The molecule has 5 rings (SSSR count). The molecule has 2 aromatic carbocycles. The zero-order chi connectivity index (χ0) is 28.9. The van der Waals surface area contributed by atoms with Crippen LogP contribution in [0.5, 0.6) is 0 Å². The number of piperidine rings is 1. The first-order valence-corrected chi connectivity index (χ1v) is 14.8. The molecule has 0 bridgehead atoms. The highest BCUT2D eigenvalue weighted by atomic mass is 35.5. The molecule has 1 amide bonds. The first-order valence-electron chi connectivity index (χ1n) is 13.0. The molecule has 0 saturated carbocycles. The first-order chi connectivity index (χ1) is 18.8.